The molecule has 6 heteroatoms. The molecule has 0 amide bonds. The number of nitrogens with zero attached hydrogens (tertiary/aromatic N) is 5. The second kappa shape index (κ2) is 7.57. The van der Waals surface area contributed by atoms with Crippen molar-refractivity contribution in [3.63, 3.8) is 0 Å². The average Bonchev–Trinajstić information content (AvgIpc) is 2.95. The van der Waals surface area contributed by atoms with Crippen molar-refractivity contribution in [2.24, 2.45) is 10.2 Å². The Hall–Kier alpha value is -2.21. The van der Waals surface area contributed by atoms with E-state index in [1.54, 1.807) is 0 Å². The predicted octanol–water partition coefficient (Wildman–Crippen LogP) is 3.38. The fourth-order valence-corrected chi connectivity index (χ4v) is 3.05. The Morgan fingerprint density at radius 1 is 1.08 bits per heavy atom. The first-order chi connectivity index (χ1) is 11.7. The molecular formula is C18H26N5O+. The molecule has 6 nitrogen and oxygen atoms in total. The van der Waals surface area contributed by atoms with E-state index in [4.69, 9.17) is 4.74 Å². The Morgan fingerprint density at radius 2 is 1.79 bits per heavy atom. The van der Waals surface area contributed by atoms with Gasteiger partial charge in [0, 0.05) is 23.9 Å². The van der Waals surface area contributed by atoms with Crippen molar-refractivity contribution in [2.45, 2.75) is 33.9 Å². The molecule has 1 aromatic carbocycles. The Labute approximate surface area is 143 Å². The molecule has 1 aliphatic heterocycles. The van der Waals surface area contributed by atoms with Gasteiger partial charge in [0.2, 0.25) is 0 Å². The summed E-state index contributed by atoms with van der Waals surface area (Å²) in [5.74, 6) is 0.898. The summed E-state index contributed by atoms with van der Waals surface area (Å²) in [6.45, 7) is 11.6. The van der Waals surface area contributed by atoms with Crippen molar-refractivity contribution in [1.29, 1.82) is 0 Å². The summed E-state index contributed by atoms with van der Waals surface area (Å²) in [4.78, 5) is 2.33. The van der Waals surface area contributed by atoms with Crippen LogP contribution in [-0.4, -0.2) is 30.9 Å². The van der Waals surface area contributed by atoms with Crippen LogP contribution in [0.1, 0.15) is 19.5 Å². The third-order valence-corrected chi connectivity index (χ3v) is 4.40. The molecule has 1 saturated heterocycles. The van der Waals surface area contributed by atoms with Gasteiger partial charge in [0.15, 0.2) is 0 Å². The van der Waals surface area contributed by atoms with Crippen molar-refractivity contribution in [3.05, 3.63) is 36.2 Å². The number of rotatable bonds is 5. The lowest BCUT2D eigenvalue weighted by Gasteiger charge is -2.28. The lowest BCUT2D eigenvalue weighted by atomic mass is 10.2. The van der Waals surface area contributed by atoms with Crippen LogP contribution < -0.4 is 9.47 Å². The molecule has 1 aromatic heterocycles. The minimum absolute atomic E-state index is 0.797. The standard InChI is InChI=1S/C18H26N5O/c1-4-21-14-15(3)23(5-2)18(21)20-19-16-6-8-17(9-7-16)22-10-12-24-13-11-22/h6-9,14H,4-5,10-13H2,1-3H3/q+1. The highest BCUT2D eigenvalue weighted by Gasteiger charge is 2.18. The number of azo groups is 1. The van der Waals surface area contributed by atoms with E-state index < -0.39 is 0 Å². The summed E-state index contributed by atoms with van der Waals surface area (Å²) < 4.78 is 9.70. The molecule has 3 rings (SSSR count). The number of hydrogen-bond donors (Lipinski definition) is 0. The van der Waals surface area contributed by atoms with Gasteiger partial charge in [-0.25, -0.2) is 9.13 Å². The van der Waals surface area contributed by atoms with E-state index in [9.17, 15) is 0 Å². The summed E-state index contributed by atoms with van der Waals surface area (Å²) in [5, 5.41) is 8.93. The van der Waals surface area contributed by atoms with Gasteiger partial charge in [-0.05, 0) is 45.0 Å². The average molecular weight is 328 g/mol. The molecule has 2 heterocycles. The summed E-state index contributed by atoms with van der Waals surface area (Å²) in [6, 6.07) is 8.27. The first-order valence-corrected chi connectivity index (χ1v) is 8.67. The number of hydrogen-bond acceptors (Lipinski definition) is 4. The fraction of sp³-hybridized carbons (Fsp3) is 0.500. The van der Waals surface area contributed by atoms with Crippen molar-refractivity contribution in [1.82, 2.24) is 4.57 Å². The van der Waals surface area contributed by atoms with Gasteiger partial charge in [0.05, 0.1) is 32.5 Å². The third kappa shape index (κ3) is 3.48. The lowest BCUT2D eigenvalue weighted by molar-refractivity contribution is -0.680. The minimum atomic E-state index is 0.797. The molecule has 24 heavy (non-hydrogen) atoms. The highest BCUT2D eigenvalue weighted by Crippen LogP contribution is 2.22. The van der Waals surface area contributed by atoms with Gasteiger partial charge in [-0.15, -0.1) is 0 Å². The van der Waals surface area contributed by atoms with Crippen molar-refractivity contribution >= 4 is 17.3 Å². The Morgan fingerprint density at radius 3 is 2.42 bits per heavy atom. The first kappa shape index (κ1) is 16.6. The van der Waals surface area contributed by atoms with Crippen LogP contribution in [0.2, 0.25) is 0 Å². The van der Waals surface area contributed by atoms with E-state index in [0.29, 0.717) is 0 Å². The normalized spacial score (nSPS) is 15.4. The molecule has 0 radical (unpaired) electrons. The topological polar surface area (TPSA) is 46.0 Å². The number of benzene rings is 1. The number of morpholine rings is 1. The fourth-order valence-electron chi connectivity index (χ4n) is 3.05. The van der Waals surface area contributed by atoms with Crippen LogP contribution in [0.25, 0.3) is 0 Å². The number of aryl methyl sites for hydroxylation is 2. The number of anilines is 1. The van der Waals surface area contributed by atoms with Gasteiger partial charge in [0.25, 0.3) is 0 Å². The molecule has 1 fully saturated rings. The largest absolute Gasteiger partial charge is 0.421 e. The Kier molecular flexibility index (Phi) is 5.25. The summed E-state index contributed by atoms with van der Waals surface area (Å²) in [6.07, 6.45) is 2.12. The van der Waals surface area contributed by atoms with E-state index in [-0.39, 0.29) is 0 Å². The molecule has 0 bridgehead atoms. The maximum atomic E-state index is 5.40. The quantitative estimate of drug-likeness (QED) is 0.624. The zero-order valence-corrected chi connectivity index (χ0v) is 14.8. The van der Waals surface area contributed by atoms with Crippen LogP contribution in [0.3, 0.4) is 0 Å². The summed E-state index contributed by atoms with van der Waals surface area (Å²) in [7, 11) is 0. The van der Waals surface area contributed by atoms with Gasteiger partial charge in [0.1, 0.15) is 11.4 Å². The van der Waals surface area contributed by atoms with Crippen LogP contribution in [0.5, 0.6) is 0 Å². The number of ether oxygens (including phenoxy) is 1. The maximum Gasteiger partial charge on any atom is 0.421 e. The molecule has 0 atom stereocenters. The molecule has 0 unspecified atom stereocenters. The maximum absolute atomic E-state index is 5.40. The molecule has 128 valence electrons. The van der Waals surface area contributed by atoms with E-state index in [1.807, 2.05) is 12.1 Å². The molecule has 2 aromatic rings. The van der Waals surface area contributed by atoms with Gasteiger partial charge < -0.3 is 9.64 Å². The first-order valence-electron chi connectivity index (χ1n) is 8.67. The Bertz CT molecular complexity index is 699. The zero-order valence-electron chi connectivity index (χ0n) is 14.8. The van der Waals surface area contributed by atoms with Gasteiger partial charge >= 0.3 is 5.95 Å². The van der Waals surface area contributed by atoms with Crippen molar-refractivity contribution < 1.29 is 9.30 Å². The third-order valence-electron chi connectivity index (χ3n) is 4.40. The molecule has 0 saturated carbocycles. The van der Waals surface area contributed by atoms with Crippen molar-refractivity contribution in [3.8, 4) is 0 Å². The van der Waals surface area contributed by atoms with Crippen LogP contribution in [0, 0.1) is 6.92 Å². The van der Waals surface area contributed by atoms with Gasteiger partial charge in [-0.1, -0.05) is 5.11 Å². The van der Waals surface area contributed by atoms with E-state index in [0.717, 1.165) is 51.0 Å². The van der Waals surface area contributed by atoms with Crippen LogP contribution in [0.4, 0.5) is 17.3 Å². The molecule has 1 aliphatic rings. The monoisotopic (exact) mass is 328 g/mol. The van der Waals surface area contributed by atoms with E-state index in [1.165, 1.54) is 11.4 Å². The second-order valence-corrected chi connectivity index (χ2v) is 5.92. The second-order valence-electron chi connectivity index (χ2n) is 5.92. The van der Waals surface area contributed by atoms with Gasteiger partial charge in [-0.2, -0.15) is 0 Å². The lowest BCUT2D eigenvalue weighted by Crippen LogP contribution is -2.36. The van der Waals surface area contributed by atoms with Crippen LogP contribution in [0.15, 0.2) is 40.7 Å². The molecule has 0 N–H and O–H groups in total. The number of imidazole rings is 1. The molecule has 0 aliphatic carbocycles. The van der Waals surface area contributed by atoms with Crippen LogP contribution >= 0.6 is 0 Å². The minimum Gasteiger partial charge on any atom is -0.378 e. The Balaban J connectivity index is 1.77. The zero-order chi connectivity index (χ0) is 16.9. The van der Waals surface area contributed by atoms with E-state index in [2.05, 4.69) is 63.4 Å². The number of aromatic nitrogens is 2. The highest BCUT2D eigenvalue weighted by molar-refractivity contribution is 5.52. The van der Waals surface area contributed by atoms with Crippen LogP contribution in [-0.2, 0) is 17.8 Å². The molecular weight excluding hydrogens is 302 g/mol. The predicted molar refractivity (Wildman–Crippen MR) is 94.4 cm³/mol. The highest BCUT2D eigenvalue weighted by atomic mass is 16.5. The van der Waals surface area contributed by atoms with E-state index >= 15 is 0 Å². The van der Waals surface area contributed by atoms with Gasteiger partial charge in [-0.3, -0.25) is 0 Å². The summed E-state index contributed by atoms with van der Waals surface area (Å²) >= 11 is 0. The summed E-state index contributed by atoms with van der Waals surface area (Å²) in [5.41, 5.74) is 3.29. The molecule has 0 spiro atoms. The smallest absolute Gasteiger partial charge is 0.378 e. The SMILES string of the molecule is CCn1c(C)c[n+](CC)c1N=Nc1ccc(N2CCOCC2)cc1. The van der Waals surface area contributed by atoms with Crippen molar-refractivity contribution in [2.75, 3.05) is 31.2 Å².